The summed E-state index contributed by atoms with van der Waals surface area (Å²) in [6, 6.07) is 25.3. The van der Waals surface area contributed by atoms with Crippen LogP contribution in [0.5, 0.6) is 0 Å². The second kappa shape index (κ2) is 7.06. The molecule has 1 aromatic heterocycles. The number of carbonyl (C=O) groups excluding carboxylic acids is 1. The zero-order chi connectivity index (χ0) is 19.8. The molecule has 29 heavy (non-hydrogen) atoms. The van der Waals surface area contributed by atoms with Gasteiger partial charge >= 0.3 is 0 Å². The Kier molecular flexibility index (Phi) is 4.24. The van der Waals surface area contributed by atoms with Crippen molar-refractivity contribution in [2.45, 2.75) is 13.0 Å². The van der Waals surface area contributed by atoms with E-state index in [1.165, 1.54) is 11.6 Å². The van der Waals surface area contributed by atoms with Crippen LogP contribution in [0.2, 0.25) is 0 Å². The SMILES string of the molecule is O=C(c1ccc(=O)n(Cc2cccc3ccccc23)c1)N1CCc2ccccc21. The van der Waals surface area contributed by atoms with Crippen LogP contribution in [0.1, 0.15) is 21.5 Å². The van der Waals surface area contributed by atoms with Crippen LogP contribution in [0.25, 0.3) is 10.8 Å². The van der Waals surface area contributed by atoms with Gasteiger partial charge in [0, 0.05) is 24.5 Å². The first-order valence-corrected chi connectivity index (χ1v) is 9.77. The smallest absolute Gasteiger partial charge is 0.259 e. The van der Waals surface area contributed by atoms with Crippen molar-refractivity contribution >= 4 is 22.4 Å². The van der Waals surface area contributed by atoms with E-state index in [0.717, 1.165) is 28.4 Å². The number of carbonyl (C=O) groups is 1. The summed E-state index contributed by atoms with van der Waals surface area (Å²) in [7, 11) is 0. The Morgan fingerprint density at radius 2 is 1.66 bits per heavy atom. The fourth-order valence-corrected chi connectivity index (χ4v) is 4.10. The Labute approximate surface area is 168 Å². The van der Waals surface area contributed by atoms with Crippen molar-refractivity contribution in [1.82, 2.24) is 4.57 Å². The molecule has 5 rings (SSSR count). The van der Waals surface area contributed by atoms with Crippen molar-refractivity contribution in [2.75, 3.05) is 11.4 Å². The first-order valence-electron chi connectivity index (χ1n) is 9.77. The molecule has 0 saturated heterocycles. The molecule has 1 aliphatic heterocycles. The van der Waals surface area contributed by atoms with Crippen LogP contribution in [-0.4, -0.2) is 17.0 Å². The molecule has 3 aromatic carbocycles. The van der Waals surface area contributed by atoms with Crippen LogP contribution >= 0.6 is 0 Å². The van der Waals surface area contributed by atoms with E-state index < -0.39 is 0 Å². The predicted octanol–water partition coefficient (Wildman–Crippen LogP) is 4.25. The lowest BCUT2D eigenvalue weighted by atomic mass is 10.0. The molecule has 0 aliphatic carbocycles. The summed E-state index contributed by atoms with van der Waals surface area (Å²) in [6.45, 7) is 1.10. The molecular formula is C25H20N2O2. The van der Waals surface area contributed by atoms with E-state index in [1.54, 1.807) is 21.7 Å². The van der Waals surface area contributed by atoms with Crippen molar-refractivity contribution < 1.29 is 4.79 Å². The second-order valence-corrected chi connectivity index (χ2v) is 7.36. The number of rotatable bonds is 3. The van der Waals surface area contributed by atoms with Gasteiger partial charge in [0.05, 0.1) is 12.1 Å². The lowest BCUT2D eigenvalue weighted by molar-refractivity contribution is 0.0988. The van der Waals surface area contributed by atoms with Gasteiger partial charge in [0.2, 0.25) is 0 Å². The van der Waals surface area contributed by atoms with Gasteiger partial charge in [-0.25, -0.2) is 0 Å². The topological polar surface area (TPSA) is 42.3 Å². The first kappa shape index (κ1) is 17.4. The zero-order valence-electron chi connectivity index (χ0n) is 15.9. The summed E-state index contributed by atoms with van der Waals surface area (Å²) in [5.41, 5.74) is 3.62. The van der Waals surface area contributed by atoms with Gasteiger partial charge < -0.3 is 9.47 Å². The molecular weight excluding hydrogens is 360 g/mol. The lowest BCUT2D eigenvalue weighted by Gasteiger charge is -2.18. The highest BCUT2D eigenvalue weighted by atomic mass is 16.2. The summed E-state index contributed by atoms with van der Waals surface area (Å²) in [5.74, 6) is -0.0679. The van der Waals surface area contributed by atoms with Crippen molar-refractivity contribution in [1.29, 1.82) is 0 Å². The van der Waals surface area contributed by atoms with Gasteiger partial charge in [0.25, 0.3) is 11.5 Å². The number of aromatic nitrogens is 1. The molecule has 0 fully saturated rings. The Bertz CT molecular complexity index is 1280. The van der Waals surface area contributed by atoms with Gasteiger partial charge in [-0.2, -0.15) is 0 Å². The van der Waals surface area contributed by atoms with Gasteiger partial charge in [0.15, 0.2) is 0 Å². The van der Waals surface area contributed by atoms with Crippen LogP contribution in [0.15, 0.2) is 89.9 Å². The Balaban J connectivity index is 1.50. The fraction of sp³-hybridized carbons (Fsp3) is 0.120. The maximum atomic E-state index is 13.1. The van der Waals surface area contributed by atoms with Gasteiger partial charge in [-0.1, -0.05) is 60.7 Å². The summed E-state index contributed by atoms with van der Waals surface area (Å²) in [5, 5.41) is 2.26. The summed E-state index contributed by atoms with van der Waals surface area (Å²) < 4.78 is 1.62. The maximum Gasteiger partial charge on any atom is 0.259 e. The van der Waals surface area contributed by atoms with Crippen LogP contribution in [0, 0.1) is 0 Å². The quantitative estimate of drug-likeness (QED) is 0.533. The molecule has 4 nitrogen and oxygen atoms in total. The van der Waals surface area contributed by atoms with E-state index in [4.69, 9.17) is 0 Å². The third kappa shape index (κ3) is 3.13. The minimum Gasteiger partial charge on any atom is -0.310 e. The number of amides is 1. The predicted molar refractivity (Wildman–Crippen MR) is 116 cm³/mol. The van der Waals surface area contributed by atoms with E-state index in [1.807, 2.05) is 42.5 Å². The third-order valence-electron chi connectivity index (χ3n) is 5.58. The molecule has 0 unspecified atom stereocenters. The molecule has 0 bridgehead atoms. The van der Waals surface area contributed by atoms with Crippen LogP contribution in [0.4, 0.5) is 5.69 Å². The highest BCUT2D eigenvalue weighted by Gasteiger charge is 2.25. The number of benzene rings is 3. The largest absolute Gasteiger partial charge is 0.310 e. The standard InChI is InChI=1S/C25H20N2O2/c28-24-13-12-21(25(29)27-15-14-19-7-2-4-11-23(19)27)17-26(24)16-20-9-5-8-18-6-1-3-10-22(18)20/h1-13,17H,14-16H2. The molecule has 0 N–H and O–H groups in total. The average molecular weight is 380 g/mol. The molecule has 4 heteroatoms. The molecule has 1 amide bonds. The van der Waals surface area contributed by atoms with Gasteiger partial charge in [-0.3, -0.25) is 9.59 Å². The number of hydrogen-bond acceptors (Lipinski definition) is 2. The maximum absolute atomic E-state index is 13.1. The number of anilines is 1. The van der Waals surface area contributed by atoms with E-state index >= 15 is 0 Å². The lowest BCUT2D eigenvalue weighted by Crippen LogP contribution is -2.30. The number of pyridine rings is 1. The third-order valence-corrected chi connectivity index (χ3v) is 5.58. The van der Waals surface area contributed by atoms with Crippen molar-refractivity contribution in [2.24, 2.45) is 0 Å². The highest BCUT2D eigenvalue weighted by molar-refractivity contribution is 6.07. The summed E-state index contributed by atoms with van der Waals surface area (Å²) in [6.07, 6.45) is 2.55. The summed E-state index contributed by atoms with van der Waals surface area (Å²) >= 11 is 0. The number of para-hydroxylation sites is 1. The number of fused-ring (bicyclic) bond motifs is 2. The first-order chi connectivity index (χ1) is 14.2. The van der Waals surface area contributed by atoms with E-state index in [2.05, 4.69) is 24.3 Å². The molecule has 142 valence electrons. The van der Waals surface area contributed by atoms with Gasteiger partial charge in [-0.15, -0.1) is 0 Å². The van der Waals surface area contributed by atoms with Crippen molar-refractivity contribution in [3.63, 3.8) is 0 Å². The molecule has 0 atom stereocenters. The Morgan fingerprint density at radius 3 is 2.59 bits per heavy atom. The zero-order valence-corrected chi connectivity index (χ0v) is 15.9. The minimum absolute atomic E-state index is 0.0679. The van der Waals surface area contributed by atoms with Crippen LogP contribution in [-0.2, 0) is 13.0 Å². The molecule has 0 saturated carbocycles. The number of hydrogen-bond donors (Lipinski definition) is 0. The Morgan fingerprint density at radius 1 is 0.862 bits per heavy atom. The molecule has 2 heterocycles. The van der Waals surface area contributed by atoms with Crippen LogP contribution in [0.3, 0.4) is 0 Å². The molecule has 0 radical (unpaired) electrons. The highest BCUT2D eigenvalue weighted by Crippen LogP contribution is 2.28. The van der Waals surface area contributed by atoms with E-state index in [-0.39, 0.29) is 11.5 Å². The minimum atomic E-state index is -0.115. The van der Waals surface area contributed by atoms with E-state index in [0.29, 0.717) is 18.7 Å². The van der Waals surface area contributed by atoms with Crippen molar-refractivity contribution in [3.8, 4) is 0 Å². The van der Waals surface area contributed by atoms with Gasteiger partial charge in [0.1, 0.15) is 0 Å². The summed E-state index contributed by atoms with van der Waals surface area (Å²) in [4.78, 5) is 27.4. The van der Waals surface area contributed by atoms with E-state index in [9.17, 15) is 9.59 Å². The monoisotopic (exact) mass is 380 g/mol. The normalized spacial score (nSPS) is 12.9. The second-order valence-electron chi connectivity index (χ2n) is 7.36. The van der Waals surface area contributed by atoms with Crippen molar-refractivity contribution in [3.05, 3.63) is 112 Å². The van der Waals surface area contributed by atoms with Gasteiger partial charge in [-0.05, 0) is 40.5 Å². The Hall–Kier alpha value is -3.66. The fourth-order valence-electron chi connectivity index (χ4n) is 4.10. The molecule has 4 aromatic rings. The molecule has 0 spiro atoms. The molecule has 1 aliphatic rings. The number of nitrogens with zero attached hydrogens (tertiary/aromatic N) is 2. The van der Waals surface area contributed by atoms with Crippen LogP contribution < -0.4 is 10.5 Å². The average Bonchev–Trinajstić information content (AvgIpc) is 3.19.